The van der Waals surface area contributed by atoms with Crippen molar-refractivity contribution in [3.63, 3.8) is 0 Å². The van der Waals surface area contributed by atoms with E-state index in [1.54, 1.807) is 22.9 Å². The number of aryl methyl sites for hydroxylation is 1. The first-order valence-electron chi connectivity index (χ1n) is 7.54. The van der Waals surface area contributed by atoms with Crippen LogP contribution in [0, 0.1) is 0 Å². The minimum absolute atomic E-state index is 0.0875. The van der Waals surface area contributed by atoms with E-state index < -0.39 is 5.97 Å². The Labute approximate surface area is 143 Å². The van der Waals surface area contributed by atoms with E-state index in [1.165, 1.54) is 4.57 Å². The van der Waals surface area contributed by atoms with Crippen LogP contribution in [0.15, 0.2) is 47.4 Å². The van der Waals surface area contributed by atoms with Gasteiger partial charge in [0.15, 0.2) is 0 Å². The summed E-state index contributed by atoms with van der Waals surface area (Å²) in [6.07, 6.45) is 1.55. The molecule has 0 N–H and O–H groups in total. The molecule has 3 aromatic rings. The third-order valence-corrected chi connectivity index (χ3v) is 3.94. The van der Waals surface area contributed by atoms with E-state index in [4.69, 9.17) is 16.3 Å². The molecule has 0 bridgehead atoms. The van der Waals surface area contributed by atoms with Crippen LogP contribution in [0.4, 0.5) is 0 Å². The Kier molecular flexibility index (Phi) is 4.66. The number of nitrogens with zero attached hydrogens (tertiary/aromatic N) is 3. The van der Waals surface area contributed by atoms with E-state index in [0.29, 0.717) is 11.7 Å². The number of para-hydroxylation sites is 2. The summed E-state index contributed by atoms with van der Waals surface area (Å²) in [5.74, 6) is -0.481. The quantitative estimate of drug-likeness (QED) is 0.526. The molecular formula is C17H16ClN3O3. The van der Waals surface area contributed by atoms with Gasteiger partial charge in [-0.3, -0.25) is 13.9 Å². The number of benzene rings is 1. The molecule has 124 valence electrons. The van der Waals surface area contributed by atoms with Crippen molar-refractivity contribution in [2.24, 2.45) is 0 Å². The summed E-state index contributed by atoms with van der Waals surface area (Å²) in [6, 6.07) is 10.7. The van der Waals surface area contributed by atoms with E-state index >= 15 is 0 Å². The van der Waals surface area contributed by atoms with Crippen LogP contribution in [0.25, 0.3) is 11.0 Å². The second-order valence-electron chi connectivity index (χ2n) is 5.25. The number of ether oxygens (including phenoxy) is 1. The Bertz CT molecular complexity index is 928. The zero-order valence-electron chi connectivity index (χ0n) is 13.1. The molecule has 6 nitrogen and oxygen atoms in total. The van der Waals surface area contributed by atoms with Crippen LogP contribution in [-0.2, 0) is 29.2 Å². The van der Waals surface area contributed by atoms with Crippen LogP contribution in [-0.4, -0.2) is 20.1 Å². The van der Waals surface area contributed by atoms with Gasteiger partial charge in [0.25, 0.3) is 0 Å². The van der Waals surface area contributed by atoms with E-state index in [1.807, 2.05) is 31.2 Å². The monoisotopic (exact) mass is 345 g/mol. The third kappa shape index (κ3) is 3.19. The number of fused-ring (bicyclic) bond motifs is 1. The number of halogens is 1. The first-order chi connectivity index (χ1) is 11.6. The topological polar surface area (TPSA) is 66.1 Å². The average Bonchev–Trinajstić information content (AvgIpc) is 2.86. The maximum absolute atomic E-state index is 12.5. The highest BCUT2D eigenvalue weighted by molar-refractivity contribution is 6.29. The van der Waals surface area contributed by atoms with E-state index in [2.05, 4.69) is 4.98 Å². The number of pyridine rings is 1. The van der Waals surface area contributed by atoms with E-state index in [9.17, 15) is 9.59 Å². The third-order valence-electron chi connectivity index (χ3n) is 3.72. The molecule has 0 saturated heterocycles. The standard InChI is InChI=1S/C17H16ClN3O3/c1-2-20-13-5-3-4-6-14(13)21(17(20)23)10-16(22)24-11-12-7-8-15(18)19-9-12/h3-9H,2,10-11H2,1H3. The molecule has 0 radical (unpaired) electrons. The van der Waals surface area contributed by atoms with Gasteiger partial charge in [0.05, 0.1) is 11.0 Å². The molecule has 0 aliphatic rings. The van der Waals surface area contributed by atoms with Crippen molar-refractivity contribution in [1.29, 1.82) is 0 Å². The van der Waals surface area contributed by atoms with Gasteiger partial charge >= 0.3 is 11.7 Å². The largest absolute Gasteiger partial charge is 0.459 e. The Balaban J connectivity index is 1.77. The molecule has 24 heavy (non-hydrogen) atoms. The maximum Gasteiger partial charge on any atom is 0.329 e. The minimum Gasteiger partial charge on any atom is -0.459 e. The summed E-state index contributed by atoms with van der Waals surface area (Å²) in [7, 11) is 0. The molecule has 1 aromatic carbocycles. The zero-order valence-corrected chi connectivity index (χ0v) is 13.9. The van der Waals surface area contributed by atoms with Crippen LogP contribution in [0.2, 0.25) is 5.15 Å². The van der Waals surface area contributed by atoms with Crippen molar-refractivity contribution in [2.75, 3.05) is 0 Å². The van der Waals surface area contributed by atoms with Gasteiger partial charge < -0.3 is 4.74 Å². The molecule has 0 saturated carbocycles. The van der Waals surface area contributed by atoms with Crippen molar-refractivity contribution in [1.82, 2.24) is 14.1 Å². The van der Waals surface area contributed by atoms with Crippen LogP contribution in [0.1, 0.15) is 12.5 Å². The molecule has 7 heteroatoms. The normalized spacial score (nSPS) is 10.9. The van der Waals surface area contributed by atoms with Gasteiger partial charge in [-0.2, -0.15) is 0 Å². The Hall–Kier alpha value is -2.60. The number of carbonyl (C=O) groups is 1. The van der Waals surface area contributed by atoms with Crippen LogP contribution in [0.3, 0.4) is 0 Å². The summed E-state index contributed by atoms with van der Waals surface area (Å²) in [5, 5.41) is 0.379. The van der Waals surface area contributed by atoms with Gasteiger partial charge in [0.1, 0.15) is 18.3 Å². The highest BCUT2D eigenvalue weighted by Crippen LogP contribution is 2.13. The van der Waals surface area contributed by atoms with Crippen molar-refractivity contribution in [3.05, 3.63) is 63.8 Å². The second kappa shape index (κ2) is 6.88. The lowest BCUT2D eigenvalue weighted by Gasteiger charge is -2.06. The number of hydrogen-bond donors (Lipinski definition) is 0. The minimum atomic E-state index is -0.481. The van der Waals surface area contributed by atoms with Crippen LogP contribution in [0.5, 0.6) is 0 Å². The predicted octanol–water partition coefficient (Wildman–Crippen LogP) is 2.61. The molecule has 0 spiro atoms. The van der Waals surface area contributed by atoms with E-state index in [0.717, 1.165) is 16.6 Å². The number of hydrogen-bond acceptors (Lipinski definition) is 4. The first-order valence-corrected chi connectivity index (χ1v) is 7.92. The summed E-state index contributed by atoms with van der Waals surface area (Å²) < 4.78 is 8.29. The lowest BCUT2D eigenvalue weighted by molar-refractivity contribution is -0.145. The molecule has 2 heterocycles. The first kappa shape index (κ1) is 16.3. The smallest absolute Gasteiger partial charge is 0.329 e. The molecule has 0 atom stereocenters. The number of rotatable bonds is 5. The van der Waals surface area contributed by atoms with E-state index in [-0.39, 0.29) is 18.8 Å². The fourth-order valence-electron chi connectivity index (χ4n) is 2.56. The molecular weight excluding hydrogens is 330 g/mol. The highest BCUT2D eigenvalue weighted by atomic mass is 35.5. The lowest BCUT2D eigenvalue weighted by atomic mass is 10.3. The van der Waals surface area contributed by atoms with Gasteiger partial charge in [-0.05, 0) is 25.1 Å². The van der Waals surface area contributed by atoms with Crippen molar-refractivity contribution >= 4 is 28.6 Å². The summed E-state index contributed by atoms with van der Waals surface area (Å²) in [4.78, 5) is 28.5. The molecule has 3 rings (SSSR count). The Morgan fingerprint density at radius 3 is 2.50 bits per heavy atom. The van der Waals surface area contributed by atoms with Crippen molar-refractivity contribution < 1.29 is 9.53 Å². The highest BCUT2D eigenvalue weighted by Gasteiger charge is 2.15. The number of carbonyl (C=O) groups excluding carboxylic acids is 1. The number of aromatic nitrogens is 3. The molecule has 2 aromatic heterocycles. The predicted molar refractivity (Wildman–Crippen MR) is 90.9 cm³/mol. The van der Waals surface area contributed by atoms with Gasteiger partial charge in [0.2, 0.25) is 0 Å². The summed E-state index contributed by atoms with van der Waals surface area (Å²) >= 11 is 5.71. The SMILES string of the molecule is CCn1c(=O)n(CC(=O)OCc2ccc(Cl)nc2)c2ccccc21. The lowest BCUT2D eigenvalue weighted by Crippen LogP contribution is -2.27. The Morgan fingerprint density at radius 2 is 1.88 bits per heavy atom. The van der Waals surface area contributed by atoms with Gasteiger partial charge in [0, 0.05) is 18.3 Å². The molecule has 0 aliphatic carbocycles. The number of esters is 1. The summed E-state index contributed by atoms with van der Waals surface area (Å²) in [5.41, 5.74) is 2.04. The van der Waals surface area contributed by atoms with Crippen LogP contribution >= 0.6 is 11.6 Å². The number of imidazole rings is 1. The summed E-state index contributed by atoms with van der Waals surface area (Å²) in [6.45, 7) is 2.39. The van der Waals surface area contributed by atoms with Crippen molar-refractivity contribution in [3.8, 4) is 0 Å². The average molecular weight is 346 g/mol. The second-order valence-corrected chi connectivity index (χ2v) is 5.64. The van der Waals surface area contributed by atoms with Gasteiger partial charge in [-0.1, -0.05) is 29.8 Å². The van der Waals surface area contributed by atoms with Crippen molar-refractivity contribution in [2.45, 2.75) is 26.6 Å². The molecule has 0 aliphatic heterocycles. The fraction of sp³-hybridized carbons (Fsp3) is 0.235. The fourth-order valence-corrected chi connectivity index (χ4v) is 2.67. The zero-order chi connectivity index (χ0) is 17.1. The van der Waals surface area contributed by atoms with Gasteiger partial charge in [-0.15, -0.1) is 0 Å². The molecule has 0 amide bonds. The Morgan fingerprint density at radius 1 is 1.17 bits per heavy atom. The molecule has 0 unspecified atom stereocenters. The van der Waals surface area contributed by atoms with Crippen LogP contribution < -0.4 is 5.69 Å². The molecule has 0 fully saturated rings. The van der Waals surface area contributed by atoms with Gasteiger partial charge in [-0.25, -0.2) is 9.78 Å². The maximum atomic E-state index is 12.5.